The summed E-state index contributed by atoms with van der Waals surface area (Å²) in [6.07, 6.45) is 1.23. The van der Waals surface area contributed by atoms with Crippen LogP contribution in [0.4, 0.5) is 0 Å². The summed E-state index contributed by atoms with van der Waals surface area (Å²) < 4.78 is 23.5. The molecule has 0 saturated carbocycles. The highest BCUT2D eigenvalue weighted by atomic mass is 32.2. The van der Waals surface area contributed by atoms with E-state index in [2.05, 4.69) is 18.2 Å². The first kappa shape index (κ1) is 18.1. The Morgan fingerprint density at radius 2 is 1.96 bits per heavy atom. The molecular formula is C19H23NO3S2. The minimum Gasteiger partial charge on any atom is -0.337 e. The van der Waals surface area contributed by atoms with E-state index >= 15 is 0 Å². The van der Waals surface area contributed by atoms with E-state index in [1.807, 2.05) is 36.1 Å². The molecule has 1 saturated heterocycles. The minimum absolute atomic E-state index is 0.00284. The van der Waals surface area contributed by atoms with Crippen LogP contribution < -0.4 is 0 Å². The van der Waals surface area contributed by atoms with E-state index in [1.165, 1.54) is 10.4 Å². The Kier molecular flexibility index (Phi) is 5.59. The molecule has 1 aromatic heterocycles. The molecule has 1 atom stereocenters. The first-order valence-electron chi connectivity index (χ1n) is 8.51. The Balaban J connectivity index is 1.72. The number of carbonyl (C=O) groups excluding carboxylic acids is 1. The van der Waals surface area contributed by atoms with Crippen LogP contribution >= 0.6 is 11.3 Å². The van der Waals surface area contributed by atoms with Crippen LogP contribution in [0, 0.1) is 12.8 Å². The molecule has 3 rings (SSSR count). The molecule has 0 aliphatic carbocycles. The van der Waals surface area contributed by atoms with Crippen molar-refractivity contribution < 1.29 is 13.2 Å². The molecule has 4 nitrogen and oxygen atoms in total. The number of sulfone groups is 1. The molecule has 1 aromatic carbocycles. The number of hydrogen-bond acceptors (Lipinski definition) is 4. The maximum Gasteiger partial charge on any atom is 0.227 e. The molecule has 1 aliphatic heterocycles. The van der Waals surface area contributed by atoms with Gasteiger partial charge < -0.3 is 4.90 Å². The van der Waals surface area contributed by atoms with Crippen molar-refractivity contribution in [2.75, 3.05) is 18.1 Å². The fraction of sp³-hybridized carbons (Fsp3) is 0.421. The van der Waals surface area contributed by atoms with Gasteiger partial charge in [0.05, 0.1) is 24.0 Å². The van der Waals surface area contributed by atoms with Gasteiger partial charge in [0.25, 0.3) is 0 Å². The lowest BCUT2D eigenvalue weighted by atomic mass is 10.1. The summed E-state index contributed by atoms with van der Waals surface area (Å²) in [5.41, 5.74) is 1.18. The third-order valence-corrected chi connectivity index (χ3v) is 7.30. The quantitative estimate of drug-likeness (QED) is 0.777. The maximum atomic E-state index is 12.9. The van der Waals surface area contributed by atoms with Crippen LogP contribution in [0.3, 0.4) is 0 Å². The Hall–Kier alpha value is -1.66. The van der Waals surface area contributed by atoms with E-state index in [0.717, 1.165) is 11.3 Å². The predicted octanol–water partition coefficient (Wildman–Crippen LogP) is 3.06. The Bertz CT molecular complexity index is 827. The largest absolute Gasteiger partial charge is 0.337 e. The smallest absolute Gasteiger partial charge is 0.227 e. The predicted molar refractivity (Wildman–Crippen MR) is 101 cm³/mol. The number of thiophene rings is 1. The lowest BCUT2D eigenvalue weighted by Crippen LogP contribution is -2.37. The lowest BCUT2D eigenvalue weighted by molar-refractivity contribution is -0.135. The number of aryl methyl sites for hydroxylation is 1. The van der Waals surface area contributed by atoms with Crippen molar-refractivity contribution in [1.29, 1.82) is 0 Å². The highest BCUT2D eigenvalue weighted by Crippen LogP contribution is 2.24. The molecule has 1 fully saturated rings. The average Bonchev–Trinajstić information content (AvgIpc) is 3.16. The zero-order valence-corrected chi connectivity index (χ0v) is 16.0. The van der Waals surface area contributed by atoms with Gasteiger partial charge in [0.15, 0.2) is 9.84 Å². The average molecular weight is 378 g/mol. The standard InChI is InChI=1S/C19H23NO3S2/c1-15-7-8-18(24-15)13-20(11-9-16-5-3-2-4-6-16)19(21)17-10-12-25(22,23)14-17/h2-8,17H,9-14H2,1H3. The molecule has 0 bridgehead atoms. The lowest BCUT2D eigenvalue weighted by Gasteiger charge is -2.25. The normalized spacial score (nSPS) is 19.0. The number of benzene rings is 1. The van der Waals surface area contributed by atoms with Gasteiger partial charge in [0, 0.05) is 16.3 Å². The van der Waals surface area contributed by atoms with Crippen LogP contribution in [0.25, 0.3) is 0 Å². The first-order chi connectivity index (χ1) is 11.9. The highest BCUT2D eigenvalue weighted by Gasteiger charge is 2.35. The highest BCUT2D eigenvalue weighted by molar-refractivity contribution is 7.91. The van der Waals surface area contributed by atoms with E-state index in [0.29, 0.717) is 19.5 Å². The van der Waals surface area contributed by atoms with Crippen LogP contribution in [0.15, 0.2) is 42.5 Å². The van der Waals surface area contributed by atoms with Gasteiger partial charge in [-0.2, -0.15) is 0 Å². The molecule has 1 unspecified atom stereocenters. The molecule has 0 radical (unpaired) electrons. The van der Waals surface area contributed by atoms with Crippen LogP contribution in [0.1, 0.15) is 21.7 Å². The van der Waals surface area contributed by atoms with Gasteiger partial charge in [-0.3, -0.25) is 4.79 Å². The van der Waals surface area contributed by atoms with Gasteiger partial charge in [-0.05, 0) is 37.5 Å². The number of nitrogens with zero attached hydrogens (tertiary/aromatic N) is 1. The van der Waals surface area contributed by atoms with Crippen LogP contribution in [0.2, 0.25) is 0 Å². The van der Waals surface area contributed by atoms with E-state index in [1.54, 1.807) is 11.3 Å². The van der Waals surface area contributed by atoms with Crippen LogP contribution in [-0.2, 0) is 27.6 Å². The van der Waals surface area contributed by atoms with Crippen molar-refractivity contribution in [2.45, 2.75) is 26.3 Å². The summed E-state index contributed by atoms with van der Waals surface area (Å²) >= 11 is 1.69. The van der Waals surface area contributed by atoms with Crippen LogP contribution in [0.5, 0.6) is 0 Å². The summed E-state index contributed by atoms with van der Waals surface area (Å²) in [6.45, 7) is 3.21. The van der Waals surface area contributed by atoms with Gasteiger partial charge >= 0.3 is 0 Å². The van der Waals surface area contributed by atoms with Crippen molar-refractivity contribution in [3.05, 3.63) is 57.8 Å². The molecule has 25 heavy (non-hydrogen) atoms. The molecule has 2 aromatic rings. The van der Waals surface area contributed by atoms with Gasteiger partial charge in [0.2, 0.25) is 5.91 Å². The van der Waals surface area contributed by atoms with Crippen molar-refractivity contribution in [2.24, 2.45) is 5.92 Å². The van der Waals surface area contributed by atoms with Gasteiger partial charge in [0.1, 0.15) is 0 Å². The second-order valence-electron chi connectivity index (χ2n) is 6.61. The molecule has 134 valence electrons. The van der Waals surface area contributed by atoms with Crippen molar-refractivity contribution in [1.82, 2.24) is 4.90 Å². The Morgan fingerprint density at radius 1 is 1.20 bits per heavy atom. The van der Waals surface area contributed by atoms with Crippen molar-refractivity contribution in [3.63, 3.8) is 0 Å². The zero-order chi connectivity index (χ0) is 17.9. The first-order valence-corrected chi connectivity index (χ1v) is 11.2. The third-order valence-electron chi connectivity index (χ3n) is 4.55. The topological polar surface area (TPSA) is 54.5 Å². The van der Waals surface area contributed by atoms with Crippen molar-refractivity contribution in [3.8, 4) is 0 Å². The van der Waals surface area contributed by atoms with E-state index in [4.69, 9.17) is 0 Å². The molecule has 1 aliphatic rings. The van der Waals surface area contributed by atoms with E-state index in [-0.39, 0.29) is 23.3 Å². The molecular weight excluding hydrogens is 354 g/mol. The number of amides is 1. The van der Waals surface area contributed by atoms with Gasteiger partial charge in [-0.25, -0.2) is 8.42 Å². The van der Waals surface area contributed by atoms with Gasteiger partial charge in [-0.1, -0.05) is 30.3 Å². The monoisotopic (exact) mass is 377 g/mol. The van der Waals surface area contributed by atoms with E-state index in [9.17, 15) is 13.2 Å². The molecule has 2 heterocycles. The second-order valence-corrected chi connectivity index (χ2v) is 10.2. The summed E-state index contributed by atoms with van der Waals surface area (Å²) in [4.78, 5) is 17.1. The summed E-state index contributed by atoms with van der Waals surface area (Å²) in [6, 6.07) is 14.2. The summed E-state index contributed by atoms with van der Waals surface area (Å²) in [5.74, 6) is -0.282. The third kappa shape index (κ3) is 4.92. The zero-order valence-electron chi connectivity index (χ0n) is 14.3. The van der Waals surface area contributed by atoms with Gasteiger partial charge in [-0.15, -0.1) is 11.3 Å². The number of rotatable bonds is 6. The SMILES string of the molecule is Cc1ccc(CN(CCc2ccccc2)C(=O)C2CCS(=O)(=O)C2)s1. The maximum absolute atomic E-state index is 12.9. The number of carbonyl (C=O) groups is 1. The summed E-state index contributed by atoms with van der Waals surface area (Å²) in [7, 11) is -3.05. The van der Waals surface area contributed by atoms with Crippen LogP contribution in [-0.4, -0.2) is 37.3 Å². The Labute approximate surface area is 153 Å². The fourth-order valence-corrected chi connectivity index (χ4v) is 5.82. The summed E-state index contributed by atoms with van der Waals surface area (Å²) in [5, 5.41) is 0. The molecule has 0 spiro atoms. The molecule has 6 heteroatoms. The molecule has 0 N–H and O–H groups in total. The Morgan fingerprint density at radius 3 is 2.56 bits per heavy atom. The minimum atomic E-state index is -3.05. The van der Waals surface area contributed by atoms with Crippen molar-refractivity contribution >= 4 is 27.1 Å². The number of hydrogen-bond donors (Lipinski definition) is 0. The molecule has 1 amide bonds. The fourth-order valence-electron chi connectivity index (χ4n) is 3.18. The second kappa shape index (κ2) is 7.70. The van der Waals surface area contributed by atoms with E-state index < -0.39 is 9.84 Å².